The molecule has 0 N–H and O–H groups in total. The van der Waals surface area contributed by atoms with E-state index >= 15 is 0 Å². The first-order valence-corrected chi connectivity index (χ1v) is 16.7. The number of rotatable bonds is 8. The van der Waals surface area contributed by atoms with Crippen molar-refractivity contribution in [3.63, 3.8) is 0 Å². The normalized spacial score (nSPS) is 13.2. The monoisotopic (exact) mass is 622 g/mol. The van der Waals surface area contributed by atoms with Crippen molar-refractivity contribution in [2.24, 2.45) is 0 Å². The summed E-state index contributed by atoms with van der Waals surface area (Å²) in [4.78, 5) is 9.87. The van der Waals surface area contributed by atoms with Crippen LogP contribution in [0.1, 0.15) is 33.4 Å². The maximum Gasteiger partial charge on any atom is 0.0911 e. The maximum atomic E-state index is 3.52. The summed E-state index contributed by atoms with van der Waals surface area (Å²) in [6, 6.07) is 56.3. The number of hydrogen-bond donors (Lipinski definition) is 0. The summed E-state index contributed by atoms with van der Waals surface area (Å²) >= 11 is 0. The lowest BCUT2D eigenvalue weighted by Gasteiger charge is -2.22. The van der Waals surface area contributed by atoms with E-state index in [-0.39, 0.29) is 0 Å². The second-order valence-electron chi connectivity index (χ2n) is 12.7. The molecule has 0 aromatic heterocycles. The van der Waals surface area contributed by atoms with E-state index < -0.39 is 0 Å². The Morgan fingerprint density at radius 3 is 0.938 bits per heavy atom. The zero-order valence-electron chi connectivity index (χ0n) is 27.0. The minimum atomic E-state index is 0.845. The van der Waals surface area contributed by atoms with E-state index in [0.29, 0.717) is 0 Å². The van der Waals surface area contributed by atoms with Gasteiger partial charge in [-0.2, -0.15) is 0 Å². The van der Waals surface area contributed by atoms with E-state index in [0.717, 1.165) is 50.6 Å². The fourth-order valence-corrected chi connectivity index (χ4v) is 6.86. The number of hydrogen-bond acceptors (Lipinski definition) is 4. The van der Waals surface area contributed by atoms with Crippen LogP contribution in [-0.2, 0) is 26.2 Å². The number of fused-ring (bicyclic) bond motifs is 2. The van der Waals surface area contributed by atoms with Crippen molar-refractivity contribution < 1.29 is 0 Å². The van der Waals surface area contributed by atoms with Crippen molar-refractivity contribution in [3.8, 4) is 11.8 Å². The van der Waals surface area contributed by atoms with E-state index in [1.165, 1.54) is 45.0 Å². The molecule has 6 aromatic rings. The lowest BCUT2D eigenvalue weighted by Crippen LogP contribution is -2.30. The Hall–Kier alpha value is -5.92. The average Bonchev–Trinajstić information content (AvgIpc) is 3.65. The second kappa shape index (κ2) is 13.4. The molecule has 2 aliphatic heterocycles. The van der Waals surface area contributed by atoms with Gasteiger partial charge in [0.15, 0.2) is 0 Å². The van der Waals surface area contributed by atoms with Crippen molar-refractivity contribution in [2.45, 2.75) is 26.2 Å². The molecular weight excluding hydrogens is 585 g/mol. The smallest absolute Gasteiger partial charge is 0.0911 e. The summed E-state index contributed by atoms with van der Waals surface area (Å²) in [5.74, 6) is 7.04. The SMILES string of the molecule is C(#Cc1ccc2c(c1)N(Cc1ccccc1)CN2Cc1ccccc1)c1ccc2c(c1)N(Cc1ccccc1)CN2Cc1ccccc1. The summed E-state index contributed by atoms with van der Waals surface area (Å²) < 4.78 is 0. The third-order valence-electron chi connectivity index (χ3n) is 9.21. The number of anilines is 4. The minimum absolute atomic E-state index is 0.845. The van der Waals surface area contributed by atoms with Gasteiger partial charge >= 0.3 is 0 Å². The molecule has 0 radical (unpaired) electrons. The van der Waals surface area contributed by atoms with Crippen LogP contribution in [0, 0.1) is 11.8 Å². The maximum absolute atomic E-state index is 3.52. The third-order valence-corrected chi connectivity index (χ3v) is 9.21. The van der Waals surface area contributed by atoms with Crippen molar-refractivity contribution in [3.05, 3.63) is 191 Å². The zero-order chi connectivity index (χ0) is 32.1. The zero-order valence-corrected chi connectivity index (χ0v) is 27.0. The minimum Gasteiger partial charge on any atom is -0.348 e. The van der Waals surface area contributed by atoms with E-state index in [1.54, 1.807) is 0 Å². The molecule has 2 aliphatic rings. The molecule has 0 spiro atoms. The molecule has 8 rings (SSSR count). The highest BCUT2D eigenvalue weighted by Gasteiger charge is 2.27. The Kier molecular flexibility index (Phi) is 8.25. The van der Waals surface area contributed by atoms with Gasteiger partial charge in [0.1, 0.15) is 0 Å². The summed E-state index contributed by atoms with van der Waals surface area (Å²) in [5, 5.41) is 0. The molecule has 234 valence electrons. The molecule has 0 amide bonds. The number of nitrogens with zero attached hydrogens (tertiary/aromatic N) is 4. The standard InChI is InChI=1S/C44H38N4/c1-5-13-37(14-6-1)29-45-33-47(31-39-17-9-3-10-18-39)43-27-35(23-25-41(43)45)21-22-36-24-26-42-44(28-36)48(32-40-19-11-4-12-20-40)34-46(42)30-38-15-7-2-8-16-38/h1-20,23-28H,29-34H2. The van der Waals surface area contributed by atoms with Crippen LogP contribution >= 0.6 is 0 Å². The van der Waals surface area contributed by atoms with Crippen LogP contribution in [0.2, 0.25) is 0 Å². The molecule has 0 saturated carbocycles. The van der Waals surface area contributed by atoms with Gasteiger partial charge in [-0.3, -0.25) is 0 Å². The highest BCUT2D eigenvalue weighted by Crippen LogP contribution is 2.40. The fraction of sp³-hybridized carbons (Fsp3) is 0.136. The van der Waals surface area contributed by atoms with Crippen LogP contribution in [0.4, 0.5) is 22.7 Å². The van der Waals surface area contributed by atoms with E-state index in [1.807, 2.05) is 0 Å². The Morgan fingerprint density at radius 1 is 0.333 bits per heavy atom. The first-order chi connectivity index (χ1) is 23.7. The van der Waals surface area contributed by atoms with Gasteiger partial charge in [-0.1, -0.05) is 133 Å². The summed E-state index contributed by atoms with van der Waals surface area (Å²) in [7, 11) is 0. The van der Waals surface area contributed by atoms with E-state index in [4.69, 9.17) is 0 Å². The molecular formula is C44H38N4. The lowest BCUT2D eigenvalue weighted by molar-refractivity contribution is 0.763. The fourth-order valence-electron chi connectivity index (χ4n) is 6.86. The van der Waals surface area contributed by atoms with Crippen LogP contribution in [0.25, 0.3) is 0 Å². The van der Waals surface area contributed by atoms with Gasteiger partial charge in [-0.25, -0.2) is 0 Å². The van der Waals surface area contributed by atoms with Crippen LogP contribution < -0.4 is 19.6 Å². The third kappa shape index (κ3) is 6.49. The van der Waals surface area contributed by atoms with Crippen molar-refractivity contribution in [2.75, 3.05) is 32.9 Å². The van der Waals surface area contributed by atoms with Crippen LogP contribution in [-0.4, -0.2) is 13.3 Å². The van der Waals surface area contributed by atoms with Crippen molar-refractivity contribution in [1.29, 1.82) is 0 Å². The van der Waals surface area contributed by atoms with Crippen LogP contribution in [0.5, 0.6) is 0 Å². The summed E-state index contributed by atoms with van der Waals surface area (Å²) in [5.41, 5.74) is 12.3. The van der Waals surface area contributed by atoms with Gasteiger partial charge in [0.25, 0.3) is 0 Å². The molecule has 0 bridgehead atoms. The molecule has 4 heteroatoms. The van der Waals surface area contributed by atoms with E-state index in [9.17, 15) is 0 Å². The summed E-state index contributed by atoms with van der Waals surface area (Å²) in [6.45, 7) is 5.16. The Bertz CT molecular complexity index is 1900. The number of benzene rings is 6. The molecule has 0 saturated heterocycles. The summed E-state index contributed by atoms with van der Waals surface area (Å²) in [6.07, 6.45) is 0. The predicted octanol–water partition coefficient (Wildman–Crippen LogP) is 9.06. The quantitative estimate of drug-likeness (QED) is 0.157. The first kappa shape index (κ1) is 29.5. The topological polar surface area (TPSA) is 13.0 Å². The molecule has 0 aliphatic carbocycles. The highest BCUT2D eigenvalue weighted by atomic mass is 15.4. The van der Waals surface area contributed by atoms with Crippen molar-refractivity contribution in [1.82, 2.24) is 0 Å². The first-order valence-electron chi connectivity index (χ1n) is 16.7. The largest absolute Gasteiger partial charge is 0.348 e. The van der Waals surface area contributed by atoms with E-state index in [2.05, 4.69) is 189 Å². The highest BCUT2D eigenvalue weighted by molar-refractivity contribution is 5.79. The van der Waals surface area contributed by atoms with Gasteiger partial charge in [-0.15, -0.1) is 0 Å². The average molecular weight is 623 g/mol. The predicted molar refractivity (Wildman–Crippen MR) is 199 cm³/mol. The van der Waals surface area contributed by atoms with Gasteiger partial charge in [-0.05, 0) is 58.7 Å². The molecule has 48 heavy (non-hydrogen) atoms. The Labute approximate surface area is 284 Å². The molecule has 0 unspecified atom stereocenters. The van der Waals surface area contributed by atoms with Gasteiger partial charge in [0.05, 0.1) is 36.1 Å². The second-order valence-corrected chi connectivity index (χ2v) is 12.7. The lowest BCUT2D eigenvalue weighted by atomic mass is 10.1. The molecule has 4 nitrogen and oxygen atoms in total. The van der Waals surface area contributed by atoms with Crippen LogP contribution in [0.15, 0.2) is 158 Å². The molecule has 0 atom stereocenters. The van der Waals surface area contributed by atoms with Crippen molar-refractivity contribution >= 4 is 22.7 Å². The molecule has 6 aromatic carbocycles. The Balaban J connectivity index is 1.08. The molecule has 0 fully saturated rings. The van der Waals surface area contributed by atoms with Gasteiger partial charge < -0.3 is 19.6 Å². The molecule has 2 heterocycles. The van der Waals surface area contributed by atoms with Gasteiger partial charge in [0, 0.05) is 37.3 Å². The van der Waals surface area contributed by atoms with Gasteiger partial charge in [0.2, 0.25) is 0 Å². The Morgan fingerprint density at radius 2 is 0.625 bits per heavy atom. The van der Waals surface area contributed by atoms with Crippen LogP contribution in [0.3, 0.4) is 0 Å².